The highest BCUT2D eigenvalue weighted by atomic mass is 16.2. The largest absolute Gasteiger partial charge is 0.324 e. The second kappa shape index (κ2) is 8.62. The van der Waals surface area contributed by atoms with Crippen molar-refractivity contribution in [1.82, 2.24) is 9.78 Å². The number of nitriles is 1. The topological polar surface area (TPSA) is 87.8 Å². The Bertz CT molecular complexity index is 1510. The van der Waals surface area contributed by atoms with Crippen LogP contribution in [0.5, 0.6) is 0 Å². The molecule has 1 heterocycles. The minimum absolute atomic E-state index is 0.0625. The van der Waals surface area contributed by atoms with Crippen molar-refractivity contribution in [3.05, 3.63) is 101 Å². The number of carbonyl (C=O) groups is 2. The summed E-state index contributed by atoms with van der Waals surface area (Å²) in [6, 6.07) is 26.7. The predicted molar refractivity (Wildman–Crippen MR) is 139 cm³/mol. The molecule has 1 aliphatic rings. The molecular formula is C30H26N4O2. The van der Waals surface area contributed by atoms with Gasteiger partial charge in [0.1, 0.15) is 5.69 Å². The molecule has 1 amide bonds. The molecule has 1 aromatic heterocycles. The molecule has 3 aromatic carbocycles. The van der Waals surface area contributed by atoms with Gasteiger partial charge in [0.05, 0.1) is 17.5 Å². The van der Waals surface area contributed by atoms with Crippen LogP contribution in [0, 0.1) is 11.3 Å². The number of hydrogen-bond donors (Lipinski definition) is 1. The molecule has 178 valence electrons. The lowest BCUT2D eigenvalue weighted by Crippen LogP contribution is -2.42. The molecule has 0 aliphatic heterocycles. The Morgan fingerprint density at radius 1 is 1.03 bits per heavy atom. The molecule has 6 heteroatoms. The first kappa shape index (κ1) is 23.3. The highest BCUT2D eigenvalue weighted by Crippen LogP contribution is 2.44. The Labute approximate surface area is 210 Å². The van der Waals surface area contributed by atoms with Gasteiger partial charge in [0.15, 0.2) is 6.29 Å². The van der Waals surface area contributed by atoms with Crippen molar-refractivity contribution in [3.8, 4) is 23.0 Å². The SMILES string of the molecule is CC(C)(C)c1ccc2c(c1)-c1c(c(C(C#N)(C=O)C(=O)Nc3ccccc3)nn1-c1ccccc1)C2. The maximum Gasteiger partial charge on any atom is 0.258 e. The third-order valence-electron chi connectivity index (χ3n) is 6.70. The van der Waals surface area contributed by atoms with Crippen molar-refractivity contribution < 1.29 is 9.59 Å². The van der Waals surface area contributed by atoms with Crippen molar-refractivity contribution in [2.24, 2.45) is 0 Å². The monoisotopic (exact) mass is 474 g/mol. The summed E-state index contributed by atoms with van der Waals surface area (Å²) < 4.78 is 1.76. The summed E-state index contributed by atoms with van der Waals surface area (Å²) in [6.07, 6.45) is 0.889. The van der Waals surface area contributed by atoms with Crippen molar-refractivity contribution in [1.29, 1.82) is 5.26 Å². The van der Waals surface area contributed by atoms with Crippen molar-refractivity contribution >= 4 is 17.9 Å². The Kier molecular flexibility index (Phi) is 5.57. The zero-order valence-electron chi connectivity index (χ0n) is 20.4. The molecule has 1 N–H and O–H groups in total. The number of aromatic nitrogens is 2. The average molecular weight is 475 g/mol. The molecule has 5 rings (SSSR count). The third kappa shape index (κ3) is 3.70. The third-order valence-corrected chi connectivity index (χ3v) is 6.70. The lowest BCUT2D eigenvalue weighted by atomic mass is 9.83. The van der Waals surface area contributed by atoms with E-state index in [1.807, 2.05) is 42.5 Å². The van der Waals surface area contributed by atoms with E-state index < -0.39 is 11.3 Å². The van der Waals surface area contributed by atoms with Gasteiger partial charge < -0.3 is 10.1 Å². The van der Waals surface area contributed by atoms with E-state index in [0.717, 1.165) is 28.1 Å². The number of rotatable bonds is 5. The Balaban J connectivity index is 1.73. The number of para-hydroxylation sites is 2. The van der Waals surface area contributed by atoms with Gasteiger partial charge in [-0.15, -0.1) is 0 Å². The van der Waals surface area contributed by atoms with Crippen molar-refractivity contribution in [2.75, 3.05) is 5.32 Å². The molecule has 36 heavy (non-hydrogen) atoms. The summed E-state index contributed by atoms with van der Waals surface area (Å²) in [7, 11) is 0. The predicted octanol–water partition coefficient (Wildman–Crippen LogP) is 5.34. The zero-order valence-corrected chi connectivity index (χ0v) is 20.4. The molecule has 0 bridgehead atoms. The summed E-state index contributed by atoms with van der Waals surface area (Å²) in [5.41, 5.74) is 4.06. The van der Waals surface area contributed by atoms with Crippen LogP contribution in [0.2, 0.25) is 0 Å². The number of hydrogen-bond acceptors (Lipinski definition) is 4. The summed E-state index contributed by atoms with van der Waals surface area (Å²) in [5, 5.41) is 17.8. The number of aldehydes is 1. The van der Waals surface area contributed by atoms with E-state index in [4.69, 9.17) is 5.10 Å². The normalized spacial score (nSPS) is 13.7. The minimum Gasteiger partial charge on any atom is -0.324 e. The number of anilines is 1. The van der Waals surface area contributed by atoms with Gasteiger partial charge in [-0.1, -0.05) is 69.3 Å². The van der Waals surface area contributed by atoms with Crippen LogP contribution < -0.4 is 5.32 Å². The van der Waals surface area contributed by atoms with Crippen LogP contribution in [0.3, 0.4) is 0 Å². The van der Waals surface area contributed by atoms with Crippen LogP contribution in [0.15, 0.2) is 78.9 Å². The second-order valence-corrected chi connectivity index (χ2v) is 10.1. The number of amides is 1. The summed E-state index contributed by atoms with van der Waals surface area (Å²) in [5.74, 6) is -0.724. The first-order valence-corrected chi connectivity index (χ1v) is 11.8. The molecule has 0 saturated carbocycles. The van der Waals surface area contributed by atoms with E-state index in [1.165, 1.54) is 5.56 Å². The van der Waals surface area contributed by atoms with Crippen LogP contribution in [0.4, 0.5) is 5.69 Å². The molecule has 0 radical (unpaired) electrons. The first-order chi connectivity index (χ1) is 17.3. The van der Waals surface area contributed by atoms with E-state index in [9.17, 15) is 14.9 Å². The first-order valence-electron chi connectivity index (χ1n) is 11.8. The molecule has 0 saturated heterocycles. The zero-order chi connectivity index (χ0) is 25.5. The maximum atomic E-state index is 13.5. The van der Waals surface area contributed by atoms with E-state index in [1.54, 1.807) is 28.9 Å². The van der Waals surface area contributed by atoms with E-state index in [2.05, 4.69) is 44.3 Å². The fraction of sp³-hybridized carbons (Fsp3) is 0.200. The van der Waals surface area contributed by atoms with E-state index >= 15 is 0 Å². The van der Waals surface area contributed by atoms with E-state index in [-0.39, 0.29) is 11.1 Å². The minimum atomic E-state index is -2.10. The maximum absolute atomic E-state index is 13.5. The smallest absolute Gasteiger partial charge is 0.258 e. The average Bonchev–Trinajstić information content (AvgIpc) is 3.43. The van der Waals surface area contributed by atoms with Gasteiger partial charge in [-0.05, 0) is 46.9 Å². The van der Waals surface area contributed by atoms with Crippen molar-refractivity contribution in [3.63, 3.8) is 0 Å². The summed E-state index contributed by atoms with van der Waals surface area (Å²) in [4.78, 5) is 26.0. The number of nitrogens with zero attached hydrogens (tertiary/aromatic N) is 3. The molecule has 1 unspecified atom stereocenters. The summed E-state index contributed by atoms with van der Waals surface area (Å²) >= 11 is 0. The van der Waals surface area contributed by atoms with Gasteiger partial charge in [0.25, 0.3) is 5.91 Å². The van der Waals surface area contributed by atoms with Gasteiger partial charge in [-0.3, -0.25) is 4.79 Å². The summed E-state index contributed by atoms with van der Waals surface area (Å²) in [6.45, 7) is 6.47. The fourth-order valence-corrected chi connectivity index (χ4v) is 4.67. The number of fused-ring (bicyclic) bond motifs is 3. The molecule has 1 aliphatic carbocycles. The van der Waals surface area contributed by atoms with Gasteiger partial charge in [0, 0.05) is 23.2 Å². The van der Waals surface area contributed by atoms with Gasteiger partial charge in [-0.25, -0.2) is 4.68 Å². The fourth-order valence-electron chi connectivity index (χ4n) is 4.67. The second-order valence-electron chi connectivity index (χ2n) is 10.1. The highest BCUT2D eigenvalue weighted by molar-refractivity contribution is 6.12. The Hall–Kier alpha value is -4.50. The standard InChI is InChI=1S/C30H26N4O2/c1-29(2,3)21-15-14-20-16-25-26(24(20)17-21)34(23-12-8-5-9-13-23)33-27(25)30(18-31,19-35)28(36)32-22-10-6-4-7-11-22/h4-15,17,19H,16H2,1-3H3,(H,32,36). The van der Waals surface area contributed by atoms with Gasteiger partial charge >= 0.3 is 0 Å². The van der Waals surface area contributed by atoms with Crippen LogP contribution in [0.1, 0.15) is 43.2 Å². The molecule has 0 fully saturated rings. The lowest BCUT2D eigenvalue weighted by Gasteiger charge is -2.20. The quantitative estimate of drug-likeness (QED) is 0.275. The lowest BCUT2D eigenvalue weighted by molar-refractivity contribution is -0.125. The molecular weight excluding hydrogens is 448 g/mol. The van der Waals surface area contributed by atoms with Gasteiger partial charge in [0.2, 0.25) is 5.41 Å². The van der Waals surface area contributed by atoms with Crippen LogP contribution in [-0.4, -0.2) is 22.0 Å². The molecule has 0 spiro atoms. The molecule has 4 aromatic rings. The van der Waals surface area contributed by atoms with Crippen LogP contribution in [0.25, 0.3) is 16.9 Å². The molecule has 6 nitrogen and oxygen atoms in total. The molecule has 1 atom stereocenters. The Morgan fingerprint density at radius 3 is 2.31 bits per heavy atom. The highest BCUT2D eigenvalue weighted by Gasteiger charge is 2.48. The number of carbonyl (C=O) groups excluding carboxylic acids is 2. The van der Waals surface area contributed by atoms with Gasteiger partial charge in [-0.2, -0.15) is 10.4 Å². The number of nitrogens with one attached hydrogen (secondary N) is 1. The van der Waals surface area contributed by atoms with Crippen LogP contribution in [-0.2, 0) is 26.8 Å². The van der Waals surface area contributed by atoms with Crippen molar-refractivity contribution in [2.45, 2.75) is 38.0 Å². The van der Waals surface area contributed by atoms with Crippen LogP contribution >= 0.6 is 0 Å². The Morgan fingerprint density at radius 2 is 1.69 bits per heavy atom. The van der Waals surface area contributed by atoms with E-state index in [0.29, 0.717) is 18.4 Å². The number of benzene rings is 3.